The number of benzene rings is 1. The Morgan fingerprint density at radius 3 is 2.52 bits per heavy atom. The smallest absolute Gasteiger partial charge is 0.341 e. The van der Waals surface area contributed by atoms with Crippen molar-refractivity contribution in [2.24, 2.45) is 11.3 Å². The van der Waals surface area contributed by atoms with Crippen LogP contribution in [0.25, 0.3) is 6.08 Å². The van der Waals surface area contributed by atoms with E-state index in [2.05, 4.69) is 42.0 Å². The number of hydrogen-bond acceptors (Lipinski definition) is 6. The first-order valence-corrected chi connectivity index (χ1v) is 12.3. The lowest BCUT2D eigenvalue weighted by Gasteiger charge is -2.33. The molecule has 178 valence electrons. The minimum absolute atomic E-state index is 0.187. The Bertz CT molecular complexity index is 1080. The van der Waals surface area contributed by atoms with E-state index < -0.39 is 5.97 Å². The molecule has 1 aliphatic rings. The van der Waals surface area contributed by atoms with E-state index in [0.717, 1.165) is 39.7 Å². The minimum Gasteiger partial charge on any atom is -0.493 e. The first kappa shape index (κ1) is 25.3. The highest BCUT2D eigenvalue weighted by molar-refractivity contribution is 9.10. The molecule has 1 aromatic carbocycles. The van der Waals surface area contributed by atoms with E-state index in [1.165, 1.54) is 24.5 Å². The lowest BCUT2D eigenvalue weighted by atomic mass is 9.72. The number of methoxy groups -OCH3 is 3. The Morgan fingerprint density at radius 2 is 1.91 bits per heavy atom. The van der Waals surface area contributed by atoms with Gasteiger partial charge >= 0.3 is 5.97 Å². The van der Waals surface area contributed by atoms with Gasteiger partial charge in [0.2, 0.25) is 5.91 Å². The lowest BCUT2D eigenvalue weighted by molar-refractivity contribution is -0.111. The second kappa shape index (κ2) is 10.3. The second-order valence-corrected chi connectivity index (χ2v) is 11.0. The molecule has 1 atom stereocenters. The molecule has 0 fully saturated rings. The number of carbonyl (C=O) groups is 2. The minimum atomic E-state index is -0.412. The summed E-state index contributed by atoms with van der Waals surface area (Å²) in [5.41, 5.74) is 2.45. The van der Waals surface area contributed by atoms with Crippen molar-refractivity contribution >= 4 is 50.2 Å². The molecule has 0 radical (unpaired) electrons. The van der Waals surface area contributed by atoms with Crippen molar-refractivity contribution < 1.29 is 23.8 Å². The third-order valence-electron chi connectivity index (χ3n) is 6.00. The number of ether oxygens (including phenoxy) is 3. The summed E-state index contributed by atoms with van der Waals surface area (Å²) in [6.07, 6.45) is 5.84. The molecule has 1 heterocycles. The molecule has 1 unspecified atom stereocenters. The second-order valence-electron chi connectivity index (χ2n) is 9.07. The van der Waals surface area contributed by atoms with Crippen LogP contribution in [-0.2, 0) is 22.4 Å². The molecule has 8 heteroatoms. The number of amides is 1. The first-order valence-electron chi connectivity index (χ1n) is 10.7. The van der Waals surface area contributed by atoms with E-state index in [9.17, 15) is 9.59 Å². The molecule has 1 N–H and O–H groups in total. The van der Waals surface area contributed by atoms with Gasteiger partial charge in [-0.25, -0.2) is 4.79 Å². The number of hydrogen-bond donors (Lipinski definition) is 1. The monoisotopic (exact) mass is 535 g/mol. The van der Waals surface area contributed by atoms with Crippen LogP contribution in [0.15, 0.2) is 22.7 Å². The molecule has 0 saturated heterocycles. The third-order valence-corrected chi connectivity index (χ3v) is 7.76. The topological polar surface area (TPSA) is 73.9 Å². The van der Waals surface area contributed by atoms with Crippen molar-refractivity contribution in [3.8, 4) is 11.5 Å². The molecule has 0 saturated carbocycles. The molecule has 3 rings (SSSR count). The Balaban J connectivity index is 1.85. The summed E-state index contributed by atoms with van der Waals surface area (Å²) in [6.45, 7) is 6.74. The largest absolute Gasteiger partial charge is 0.493 e. The highest BCUT2D eigenvalue weighted by Gasteiger charge is 2.34. The number of carbonyl (C=O) groups excluding carboxylic acids is 2. The number of rotatable bonds is 6. The summed E-state index contributed by atoms with van der Waals surface area (Å²) < 4.78 is 16.4. The summed E-state index contributed by atoms with van der Waals surface area (Å²) in [5.74, 6) is 0.932. The predicted molar refractivity (Wildman–Crippen MR) is 136 cm³/mol. The number of esters is 1. The van der Waals surface area contributed by atoms with E-state index in [1.807, 2.05) is 6.07 Å². The molecule has 0 spiro atoms. The first-order chi connectivity index (χ1) is 15.6. The van der Waals surface area contributed by atoms with Gasteiger partial charge in [-0.3, -0.25) is 4.79 Å². The Hall–Kier alpha value is -2.32. The zero-order valence-electron chi connectivity index (χ0n) is 19.8. The number of nitrogens with one attached hydrogen (secondary N) is 1. The molecule has 1 aromatic heterocycles. The van der Waals surface area contributed by atoms with Crippen LogP contribution in [0.4, 0.5) is 5.00 Å². The highest BCUT2D eigenvalue weighted by Crippen LogP contribution is 2.44. The average molecular weight is 536 g/mol. The van der Waals surface area contributed by atoms with Crippen molar-refractivity contribution in [1.82, 2.24) is 0 Å². The van der Waals surface area contributed by atoms with Crippen LogP contribution in [-0.4, -0.2) is 33.2 Å². The fourth-order valence-electron chi connectivity index (χ4n) is 4.09. The van der Waals surface area contributed by atoms with E-state index in [-0.39, 0.29) is 11.3 Å². The molecular formula is C25H30BrNO5S. The summed E-state index contributed by atoms with van der Waals surface area (Å²) in [6, 6.07) is 3.62. The lowest BCUT2D eigenvalue weighted by Crippen LogP contribution is -2.26. The number of fused-ring (bicyclic) bond motifs is 1. The van der Waals surface area contributed by atoms with Gasteiger partial charge in [0.25, 0.3) is 0 Å². The van der Waals surface area contributed by atoms with E-state index in [1.54, 1.807) is 26.4 Å². The molecular weight excluding hydrogens is 506 g/mol. The summed E-state index contributed by atoms with van der Waals surface area (Å²) in [5, 5.41) is 3.44. The highest BCUT2D eigenvalue weighted by atomic mass is 79.9. The quantitative estimate of drug-likeness (QED) is 0.356. The fourth-order valence-corrected chi connectivity index (χ4v) is 6.03. The SMILES string of the molecule is COC(=O)c1c(NC(=O)/C=C/c2cc(Br)c(OC)c(OC)c2)sc2c1CCC(C(C)(C)C)C2. The Kier molecular flexibility index (Phi) is 7.90. The van der Waals surface area contributed by atoms with Crippen molar-refractivity contribution in [3.05, 3.63) is 44.2 Å². The molecule has 2 aromatic rings. The zero-order valence-corrected chi connectivity index (χ0v) is 22.2. The van der Waals surface area contributed by atoms with Gasteiger partial charge in [-0.15, -0.1) is 11.3 Å². The number of thiophene rings is 1. The predicted octanol–water partition coefficient (Wildman–Crippen LogP) is 6.12. The summed E-state index contributed by atoms with van der Waals surface area (Å²) >= 11 is 4.93. The van der Waals surface area contributed by atoms with Gasteiger partial charge in [0.05, 0.1) is 31.4 Å². The molecule has 1 aliphatic carbocycles. The molecule has 0 bridgehead atoms. The maximum Gasteiger partial charge on any atom is 0.341 e. The molecule has 1 amide bonds. The maximum absolute atomic E-state index is 12.7. The van der Waals surface area contributed by atoms with Gasteiger partial charge in [0.1, 0.15) is 5.00 Å². The summed E-state index contributed by atoms with van der Waals surface area (Å²) in [4.78, 5) is 26.5. The van der Waals surface area contributed by atoms with Gasteiger partial charge in [0, 0.05) is 11.0 Å². The Labute approximate surface area is 207 Å². The number of anilines is 1. The van der Waals surface area contributed by atoms with E-state index in [0.29, 0.717) is 28.0 Å². The van der Waals surface area contributed by atoms with Crippen LogP contribution >= 0.6 is 27.3 Å². The van der Waals surface area contributed by atoms with E-state index in [4.69, 9.17) is 14.2 Å². The average Bonchev–Trinajstić information content (AvgIpc) is 3.12. The van der Waals surface area contributed by atoms with Gasteiger partial charge in [-0.05, 0) is 75.9 Å². The van der Waals surface area contributed by atoms with Crippen LogP contribution in [0, 0.1) is 11.3 Å². The van der Waals surface area contributed by atoms with Crippen molar-refractivity contribution in [1.29, 1.82) is 0 Å². The van der Waals surface area contributed by atoms with Gasteiger partial charge < -0.3 is 19.5 Å². The number of halogens is 1. The molecule has 33 heavy (non-hydrogen) atoms. The van der Waals surface area contributed by atoms with Gasteiger partial charge in [0.15, 0.2) is 11.5 Å². The van der Waals surface area contributed by atoms with E-state index >= 15 is 0 Å². The van der Waals surface area contributed by atoms with Crippen molar-refractivity contribution in [3.63, 3.8) is 0 Å². The van der Waals surface area contributed by atoms with Crippen LogP contribution in [0.5, 0.6) is 11.5 Å². The van der Waals surface area contributed by atoms with Crippen molar-refractivity contribution in [2.75, 3.05) is 26.6 Å². The van der Waals surface area contributed by atoms with Crippen LogP contribution in [0.2, 0.25) is 0 Å². The van der Waals surface area contributed by atoms with Crippen LogP contribution in [0.1, 0.15) is 53.6 Å². The maximum atomic E-state index is 12.7. The third kappa shape index (κ3) is 5.61. The normalized spacial score (nSPS) is 15.8. The van der Waals surface area contributed by atoms with Crippen LogP contribution < -0.4 is 14.8 Å². The zero-order chi connectivity index (χ0) is 24.3. The van der Waals surface area contributed by atoms with Crippen molar-refractivity contribution in [2.45, 2.75) is 40.0 Å². The molecule has 0 aliphatic heterocycles. The van der Waals surface area contributed by atoms with Gasteiger partial charge in [-0.1, -0.05) is 20.8 Å². The summed E-state index contributed by atoms with van der Waals surface area (Å²) in [7, 11) is 4.49. The fraction of sp³-hybridized carbons (Fsp3) is 0.440. The van der Waals surface area contributed by atoms with Gasteiger partial charge in [-0.2, -0.15) is 0 Å². The Morgan fingerprint density at radius 1 is 1.18 bits per heavy atom. The standard InChI is InChI=1S/C25H30BrNO5S/c1-25(2,3)15-8-9-16-19(13-15)33-23(21(16)24(29)32-6)27-20(28)10-7-14-11-17(26)22(31-5)18(12-14)30-4/h7,10-12,15H,8-9,13H2,1-6H3,(H,27,28)/b10-7+. The molecule has 6 nitrogen and oxygen atoms in total. The van der Waals surface area contributed by atoms with Crippen LogP contribution in [0.3, 0.4) is 0 Å².